The topological polar surface area (TPSA) is 0 Å². The van der Waals surface area contributed by atoms with Gasteiger partial charge in [0.25, 0.3) is 0 Å². The fourth-order valence-electron chi connectivity index (χ4n) is 1.82. The Morgan fingerprint density at radius 1 is 1.10 bits per heavy atom. The molecular formula is C21H36. The lowest BCUT2D eigenvalue weighted by atomic mass is 10.00. The maximum absolute atomic E-state index is 4.00. The summed E-state index contributed by atoms with van der Waals surface area (Å²) in [6.45, 7) is 10.9. The molecule has 0 bridgehead atoms. The summed E-state index contributed by atoms with van der Waals surface area (Å²) in [5.74, 6) is 0.785. The van der Waals surface area contributed by atoms with Crippen LogP contribution in [0.2, 0.25) is 0 Å². The summed E-state index contributed by atoms with van der Waals surface area (Å²) < 4.78 is 0. The van der Waals surface area contributed by atoms with Crippen molar-refractivity contribution in [2.45, 2.75) is 67.7 Å². The van der Waals surface area contributed by atoms with Crippen LogP contribution in [0.5, 0.6) is 0 Å². The standard InChI is InChI=1S/C18H30.C2H2.CH4/c1-6-11-18(7-2)15-9-8-13-17(5)14-10-12-16(3)4;1-2;/h6-9,11-12,17H,10,13-15H2,1-5H3;1-2H;1H4/b9-8+,11-6-,18-7+;;. The second kappa shape index (κ2) is 18.5. The Morgan fingerprint density at radius 3 is 2.19 bits per heavy atom. The summed E-state index contributed by atoms with van der Waals surface area (Å²) in [6.07, 6.45) is 26.2. The molecule has 0 aliphatic rings. The fraction of sp³-hybridized carbons (Fsp3) is 0.524. The highest BCUT2D eigenvalue weighted by molar-refractivity contribution is 5.20. The van der Waals surface area contributed by atoms with E-state index in [2.05, 4.69) is 83.9 Å². The van der Waals surface area contributed by atoms with Crippen LogP contribution >= 0.6 is 0 Å². The van der Waals surface area contributed by atoms with Crippen LogP contribution in [0.25, 0.3) is 0 Å². The van der Waals surface area contributed by atoms with Gasteiger partial charge in [-0.15, -0.1) is 12.8 Å². The van der Waals surface area contributed by atoms with Crippen molar-refractivity contribution >= 4 is 0 Å². The Hall–Kier alpha value is -1.48. The van der Waals surface area contributed by atoms with E-state index in [1.807, 2.05) is 0 Å². The molecular weight excluding hydrogens is 252 g/mol. The Bertz CT molecular complexity index is 343. The zero-order valence-corrected chi connectivity index (χ0v) is 14.0. The first-order chi connectivity index (χ1) is 9.60. The number of hydrogen-bond donors (Lipinski definition) is 0. The molecule has 0 aliphatic carbocycles. The van der Waals surface area contributed by atoms with E-state index in [0.29, 0.717) is 0 Å². The van der Waals surface area contributed by atoms with Gasteiger partial charge in [0.2, 0.25) is 0 Å². The average Bonchev–Trinajstić information content (AvgIpc) is 2.44. The molecule has 0 N–H and O–H groups in total. The monoisotopic (exact) mass is 288 g/mol. The van der Waals surface area contributed by atoms with Gasteiger partial charge in [0, 0.05) is 0 Å². The van der Waals surface area contributed by atoms with E-state index in [1.54, 1.807) is 0 Å². The Kier molecular flexibility index (Phi) is 21.6. The van der Waals surface area contributed by atoms with Crippen LogP contribution < -0.4 is 0 Å². The predicted octanol–water partition coefficient (Wildman–Crippen LogP) is 7.11. The molecule has 0 amide bonds. The first-order valence-electron chi connectivity index (χ1n) is 7.49. The van der Waals surface area contributed by atoms with Gasteiger partial charge < -0.3 is 0 Å². The van der Waals surface area contributed by atoms with Crippen molar-refractivity contribution in [1.82, 2.24) is 0 Å². The number of allylic oxidation sites excluding steroid dienone is 8. The molecule has 0 saturated carbocycles. The van der Waals surface area contributed by atoms with Crippen molar-refractivity contribution in [3.8, 4) is 12.8 Å². The first-order valence-corrected chi connectivity index (χ1v) is 7.49. The van der Waals surface area contributed by atoms with Crippen molar-refractivity contribution in [3.05, 3.63) is 47.6 Å². The van der Waals surface area contributed by atoms with Crippen LogP contribution in [-0.4, -0.2) is 0 Å². The van der Waals surface area contributed by atoms with Gasteiger partial charge in [-0.05, 0) is 64.9 Å². The second-order valence-electron chi connectivity index (χ2n) is 5.24. The zero-order chi connectivity index (χ0) is 15.8. The van der Waals surface area contributed by atoms with E-state index in [0.717, 1.165) is 12.3 Å². The first kappa shape index (κ1) is 24.5. The quantitative estimate of drug-likeness (QED) is 0.253. The third-order valence-corrected chi connectivity index (χ3v) is 3.02. The smallest absolute Gasteiger partial charge is 0.0101 e. The minimum absolute atomic E-state index is 0. The molecule has 0 saturated heterocycles. The molecule has 0 aromatic rings. The Balaban J connectivity index is -0.00000103. The van der Waals surface area contributed by atoms with Gasteiger partial charge in [-0.3, -0.25) is 0 Å². The summed E-state index contributed by atoms with van der Waals surface area (Å²) >= 11 is 0. The lowest BCUT2D eigenvalue weighted by Crippen LogP contribution is -1.91. The van der Waals surface area contributed by atoms with Crippen molar-refractivity contribution in [3.63, 3.8) is 0 Å². The molecule has 0 radical (unpaired) electrons. The molecule has 0 aliphatic heterocycles. The van der Waals surface area contributed by atoms with E-state index in [-0.39, 0.29) is 7.43 Å². The SMILES string of the molecule is C.C#C.C/C=C\C(=C/C)C/C=C/CC(C)CCC=C(C)C. The van der Waals surface area contributed by atoms with E-state index < -0.39 is 0 Å². The third kappa shape index (κ3) is 18.5. The summed E-state index contributed by atoms with van der Waals surface area (Å²) in [5, 5.41) is 0. The number of hydrogen-bond acceptors (Lipinski definition) is 0. The highest BCUT2D eigenvalue weighted by Crippen LogP contribution is 2.13. The van der Waals surface area contributed by atoms with Gasteiger partial charge in [-0.2, -0.15) is 0 Å². The molecule has 0 rings (SSSR count). The minimum atomic E-state index is 0. The summed E-state index contributed by atoms with van der Waals surface area (Å²) in [6, 6.07) is 0. The third-order valence-electron chi connectivity index (χ3n) is 3.02. The van der Waals surface area contributed by atoms with Gasteiger partial charge in [-0.25, -0.2) is 0 Å². The highest BCUT2D eigenvalue weighted by Gasteiger charge is 1.97. The molecule has 21 heavy (non-hydrogen) atoms. The van der Waals surface area contributed by atoms with Crippen molar-refractivity contribution < 1.29 is 0 Å². The van der Waals surface area contributed by atoms with Crippen molar-refractivity contribution in [2.24, 2.45) is 5.92 Å². The maximum Gasteiger partial charge on any atom is -0.0101 e. The van der Waals surface area contributed by atoms with Gasteiger partial charge in [0.15, 0.2) is 0 Å². The molecule has 0 aromatic carbocycles. The van der Waals surface area contributed by atoms with Gasteiger partial charge in [0.1, 0.15) is 0 Å². The molecule has 1 unspecified atom stereocenters. The molecule has 0 aromatic heterocycles. The van der Waals surface area contributed by atoms with Crippen molar-refractivity contribution in [1.29, 1.82) is 0 Å². The summed E-state index contributed by atoms with van der Waals surface area (Å²) in [4.78, 5) is 0. The Morgan fingerprint density at radius 2 is 1.71 bits per heavy atom. The van der Waals surface area contributed by atoms with Gasteiger partial charge in [-0.1, -0.05) is 56.4 Å². The van der Waals surface area contributed by atoms with Crippen LogP contribution in [0.3, 0.4) is 0 Å². The van der Waals surface area contributed by atoms with Crippen LogP contribution in [0.4, 0.5) is 0 Å². The normalized spacial score (nSPS) is 12.4. The second-order valence-corrected chi connectivity index (χ2v) is 5.24. The average molecular weight is 289 g/mol. The molecule has 0 fully saturated rings. The van der Waals surface area contributed by atoms with Crippen LogP contribution in [-0.2, 0) is 0 Å². The lowest BCUT2D eigenvalue weighted by Gasteiger charge is -2.06. The van der Waals surface area contributed by atoms with Crippen LogP contribution in [0.1, 0.15) is 67.7 Å². The molecule has 120 valence electrons. The lowest BCUT2D eigenvalue weighted by molar-refractivity contribution is 0.545. The maximum atomic E-state index is 4.00. The zero-order valence-electron chi connectivity index (χ0n) is 14.0. The number of terminal acetylenes is 1. The minimum Gasteiger partial charge on any atom is -0.124 e. The summed E-state index contributed by atoms with van der Waals surface area (Å²) in [5.41, 5.74) is 2.83. The Labute approximate surface area is 134 Å². The van der Waals surface area contributed by atoms with Gasteiger partial charge in [0.05, 0.1) is 0 Å². The highest BCUT2D eigenvalue weighted by atomic mass is 14.0. The molecule has 0 heteroatoms. The molecule has 0 heterocycles. The predicted molar refractivity (Wildman–Crippen MR) is 101 cm³/mol. The van der Waals surface area contributed by atoms with E-state index in [4.69, 9.17) is 0 Å². The van der Waals surface area contributed by atoms with Gasteiger partial charge >= 0.3 is 0 Å². The van der Waals surface area contributed by atoms with Crippen LogP contribution in [0.15, 0.2) is 47.6 Å². The molecule has 0 spiro atoms. The van der Waals surface area contributed by atoms with Crippen molar-refractivity contribution in [2.75, 3.05) is 0 Å². The molecule has 1 atom stereocenters. The van der Waals surface area contributed by atoms with E-state index in [1.165, 1.54) is 30.4 Å². The summed E-state index contributed by atoms with van der Waals surface area (Å²) in [7, 11) is 0. The van der Waals surface area contributed by atoms with Crippen LogP contribution in [0, 0.1) is 18.8 Å². The van der Waals surface area contributed by atoms with E-state index in [9.17, 15) is 0 Å². The van der Waals surface area contributed by atoms with E-state index >= 15 is 0 Å². The fourth-order valence-corrected chi connectivity index (χ4v) is 1.82. The molecule has 0 nitrogen and oxygen atoms in total. The largest absolute Gasteiger partial charge is 0.124 e. The number of rotatable bonds is 8.